The summed E-state index contributed by atoms with van der Waals surface area (Å²) in [4.78, 5) is 14.0. The van der Waals surface area contributed by atoms with Crippen LogP contribution in [-0.2, 0) is 14.8 Å². The molecule has 1 atom stereocenters. The molecule has 1 amide bonds. The average Bonchev–Trinajstić information content (AvgIpc) is 3.21. The molecule has 0 aromatic heterocycles. The maximum Gasteiger partial charge on any atom is 0.261 e. The minimum atomic E-state index is -4.05. The summed E-state index contributed by atoms with van der Waals surface area (Å²) in [6, 6.07) is 4.43. The summed E-state index contributed by atoms with van der Waals surface area (Å²) in [5, 5.41) is 0. The van der Waals surface area contributed by atoms with E-state index >= 15 is 4.39 Å². The molecule has 1 aromatic carbocycles. The summed E-state index contributed by atoms with van der Waals surface area (Å²) in [6.07, 6.45) is 2.01. The van der Waals surface area contributed by atoms with E-state index in [1.54, 1.807) is 6.07 Å². The molecule has 9 heteroatoms. The van der Waals surface area contributed by atoms with Crippen LogP contribution < -0.4 is 9.47 Å². The molecule has 2 aliphatic rings. The van der Waals surface area contributed by atoms with Crippen LogP contribution in [0.1, 0.15) is 25.7 Å². The lowest BCUT2D eigenvalue weighted by Crippen LogP contribution is -2.56. The molecule has 0 spiro atoms. The highest BCUT2D eigenvalue weighted by Gasteiger charge is 2.48. The Morgan fingerprint density at radius 1 is 1.11 bits per heavy atom. The quantitative estimate of drug-likeness (QED) is 0.754. The van der Waals surface area contributed by atoms with Gasteiger partial charge in [-0.1, -0.05) is 0 Å². The zero-order chi connectivity index (χ0) is 19.7. The third-order valence-corrected chi connectivity index (χ3v) is 7.04. The van der Waals surface area contributed by atoms with E-state index in [2.05, 4.69) is 0 Å². The van der Waals surface area contributed by atoms with E-state index in [1.165, 1.54) is 31.3 Å². The van der Waals surface area contributed by atoms with E-state index in [9.17, 15) is 13.2 Å². The zero-order valence-corrected chi connectivity index (χ0v) is 16.4. The monoisotopic (exact) mass is 400 g/mol. The Labute approximate surface area is 159 Å². The van der Waals surface area contributed by atoms with Crippen molar-refractivity contribution in [1.82, 2.24) is 9.21 Å². The Morgan fingerprint density at radius 3 is 2.44 bits per heavy atom. The van der Waals surface area contributed by atoms with E-state index in [0.29, 0.717) is 18.8 Å². The van der Waals surface area contributed by atoms with Crippen LogP contribution in [-0.4, -0.2) is 69.6 Å². The molecule has 1 unspecified atom stereocenters. The van der Waals surface area contributed by atoms with E-state index in [1.807, 2.05) is 0 Å². The first-order valence-electron chi connectivity index (χ1n) is 9.02. The molecule has 7 nitrogen and oxygen atoms in total. The van der Waals surface area contributed by atoms with Crippen molar-refractivity contribution in [1.29, 1.82) is 0 Å². The van der Waals surface area contributed by atoms with Crippen molar-refractivity contribution in [2.75, 3.05) is 40.4 Å². The molecule has 0 N–H and O–H groups in total. The van der Waals surface area contributed by atoms with Crippen LogP contribution in [0.3, 0.4) is 0 Å². The Bertz CT molecular complexity index is 810. The molecule has 2 heterocycles. The van der Waals surface area contributed by atoms with Gasteiger partial charge in [-0.3, -0.25) is 4.79 Å². The number of carbonyl (C=O) groups is 1. The Morgan fingerprint density at radius 2 is 1.81 bits per heavy atom. The summed E-state index contributed by atoms with van der Waals surface area (Å²) in [6.45, 7) is 0.731. The van der Waals surface area contributed by atoms with E-state index < -0.39 is 28.1 Å². The van der Waals surface area contributed by atoms with Gasteiger partial charge < -0.3 is 14.4 Å². The van der Waals surface area contributed by atoms with Gasteiger partial charge in [0.15, 0.2) is 0 Å². The average molecular weight is 400 g/mol. The second-order valence-electron chi connectivity index (χ2n) is 6.92. The number of carbonyl (C=O) groups excluding carboxylic acids is 1. The van der Waals surface area contributed by atoms with Gasteiger partial charge in [0, 0.05) is 25.7 Å². The fourth-order valence-electron chi connectivity index (χ4n) is 3.68. The summed E-state index contributed by atoms with van der Waals surface area (Å²) in [5.41, 5.74) is -2.19. The fourth-order valence-corrected chi connectivity index (χ4v) is 5.37. The van der Waals surface area contributed by atoms with Crippen molar-refractivity contribution in [3.8, 4) is 11.5 Å². The Balaban J connectivity index is 1.90. The summed E-state index contributed by atoms with van der Waals surface area (Å²) >= 11 is 0. The van der Waals surface area contributed by atoms with Crippen LogP contribution in [0.4, 0.5) is 4.39 Å². The van der Waals surface area contributed by atoms with Gasteiger partial charge in [-0.05, 0) is 37.8 Å². The highest BCUT2D eigenvalue weighted by atomic mass is 32.2. The molecule has 2 saturated heterocycles. The Hall–Kier alpha value is -1.87. The van der Waals surface area contributed by atoms with Gasteiger partial charge in [-0.2, -0.15) is 4.31 Å². The van der Waals surface area contributed by atoms with Crippen LogP contribution in [0.2, 0.25) is 0 Å². The van der Waals surface area contributed by atoms with Gasteiger partial charge in [0.05, 0.1) is 20.8 Å². The predicted molar refractivity (Wildman–Crippen MR) is 97.2 cm³/mol. The molecular formula is C18H25FN2O5S. The molecule has 2 fully saturated rings. The molecule has 27 heavy (non-hydrogen) atoms. The zero-order valence-electron chi connectivity index (χ0n) is 15.6. The third-order valence-electron chi connectivity index (χ3n) is 5.17. The summed E-state index contributed by atoms with van der Waals surface area (Å²) in [5.74, 6) is -0.0970. The van der Waals surface area contributed by atoms with Crippen molar-refractivity contribution < 1.29 is 27.1 Å². The van der Waals surface area contributed by atoms with Gasteiger partial charge in [-0.15, -0.1) is 0 Å². The lowest BCUT2D eigenvalue weighted by atomic mass is 9.94. The number of rotatable bonds is 5. The fraction of sp³-hybridized carbons (Fsp3) is 0.611. The molecular weight excluding hydrogens is 375 g/mol. The SMILES string of the molecule is COc1ccc(OC)c(S(=O)(=O)N2CCCC(F)(C(=O)N3CCCC3)C2)c1. The number of hydrogen-bond acceptors (Lipinski definition) is 5. The molecule has 0 aliphatic carbocycles. The number of alkyl halides is 1. The van der Waals surface area contributed by atoms with Crippen molar-refractivity contribution in [3.05, 3.63) is 18.2 Å². The lowest BCUT2D eigenvalue weighted by Gasteiger charge is -2.37. The highest BCUT2D eigenvalue weighted by molar-refractivity contribution is 7.89. The number of hydrogen-bond donors (Lipinski definition) is 0. The number of benzene rings is 1. The minimum absolute atomic E-state index is 0.0313. The molecule has 150 valence electrons. The number of nitrogens with zero attached hydrogens (tertiary/aromatic N) is 2. The summed E-state index contributed by atoms with van der Waals surface area (Å²) in [7, 11) is -1.25. The predicted octanol–water partition coefficient (Wildman–Crippen LogP) is 1.82. The van der Waals surface area contributed by atoms with Crippen molar-refractivity contribution in [3.63, 3.8) is 0 Å². The first-order chi connectivity index (χ1) is 12.8. The van der Waals surface area contributed by atoms with Gasteiger partial charge >= 0.3 is 0 Å². The molecule has 0 radical (unpaired) electrons. The first kappa shape index (κ1) is 19.9. The number of ether oxygens (including phenoxy) is 2. The largest absolute Gasteiger partial charge is 0.497 e. The van der Waals surface area contributed by atoms with Crippen molar-refractivity contribution in [2.45, 2.75) is 36.2 Å². The van der Waals surface area contributed by atoms with Crippen LogP contribution in [0.5, 0.6) is 11.5 Å². The topological polar surface area (TPSA) is 76.1 Å². The van der Waals surface area contributed by atoms with E-state index in [0.717, 1.165) is 17.1 Å². The number of likely N-dealkylation sites (tertiary alicyclic amines) is 1. The van der Waals surface area contributed by atoms with E-state index in [4.69, 9.17) is 9.47 Å². The molecule has 0 bridgehead atoms. The third kappa shape index (κ3) is 3.75. The van der Waals surface area contributed by atoms with Crippen LogP contribution in [0.15, 0.2) is 23.1 Å². The smallest absolute Gasteiger partial charge is 0.261 e. The highest BCUT2D eigenvalue weighted by Crippen LogP contribution is 2.35. The first-order valence-corrected chi connectivity index (χ1v) is 10.5. The molecule has 2 aliphatic heterocycles. The lowest BCUT2D eigenvalue weighted by molar-refractivity contribution is -0.145. The maximum absolute atomic E-state index is 15.5. The number of amides is 1. The van der Waals surface area contributed by atoms with Crippen LogP contribution in [0, 0.1) is 0 Å². The van der Waals surface area contributed by atoms with Crippen LogP contribution in [0.25, 0.3) is 0 Å². The molecule has 1 aromatic rings. The number of halogens is 1. The van der Waals surface area contributed by atoms with Gasteiger partial charge in [-0.25, -0.2) is 12.8 Å². The second kappa shape index (κ2) is 7.63. The minimum Gasteiger partial charge on any atom is -0.497 e. The molecule has 0 saturated carbocycles. The normalized spacial score (nSPS) is 24.0. The van der Waals surface area contributed by atoms with Crippen molar-refractivity contribution >= 4 is 15.9 Å². The van der Waals surface area contributed by atoms with Crippen LogP contribution >= 0.6 is 0 Å². The van der Waals surface area contributed by atoms with Gasteiger partial charge in [0.1, 0.15) is 16.4 Å². The number of piperidine rings is 1. The maximum atomic E-state index is 15.5. The van der Waals surface area contributed by atoms with Crippen molar-refractivity contribution in [2.24, 2.45) is 0 Å². The number of methoxy groups -OCH3 is 2. The Kier molecular flexibility index (Phi) is 5.62. The van der Waals surface area contributed by atoms with E-state index in [-0.39, 0.29) is 30.0 Å². The second-order valence-corrected chi connectivity index (χ2v) is 8.83. The van der Waals surface area contributed by atoms with Gasteiger partial charge in [0.2, 0.25) is 15.7 Å². The molecule has 3 rings (SSSR count). The standard InChI is InChI=1S/C18H25FN2O5S/c1-25-14-6-7-15(26-2)16(12-14)27(23,24)21-11-5-8-18(19,13-21)17(22)20-9-3-4-10-20/h6-7,12H,3-5,8-11,13H2,1-2H3. The number of sulfonamides is 1. The summed E-state index contributed by atoms with van der Waals surface area (Å²) < 4.78 is 53.1. The van der Waals surface area contributed by atoms with Gasteiger partial charge in [0.25, 0.3) is 5.91 Å².